The van der Waals surface area contributed by atoms with Gasteiger partial charge in [0.15, 0.2) is 0 Å². The number of hydrogen-bond acceptors (Lipinski definition) is 0. The summed E-state index contributed by atoms with van der Waals surface area (Å²) >= 11 is 0. The van der Waals surface area contributed by atoms with E-state index in [0.29, 0.717) is 0 Å². The lowest BCUT2D eigenvalue weighted by Gasteiger charge is -2.44. The van der Waals surface area contributed by atoms with E-state index < -0.39 is 0 Å². The van der Waals surface area contributed by atoms with Crippen LogP contribution >= 0.6 is 0 Å². The summed E-state index contributed by atoms with van der Waals surface area (Å²) in [7, 11) is 0. The zero-order chi connectivity index (χ0) is 37.9. The average Bonchev–Trinajstić information content (AvgIpc) is 4.13. The van der Waals surface area contributed by atoms with Gasteiger partial charge in [0.1, 0.15) is 0 Å². The van der Waals surface area contributed by atoms with Crippen molar-refractivity contribution in [3.8, 4) is 0 Å². The zero-order valence-corrected chi connectivity index (χ0v) is 35.3. The molecule has 0 aromatic carbocycles. The largest absolute Gasteiger partial charge is 0.0851 e. The SMILES string of the molecule is C1=CC2C=CC1C2.C1=CC2CC1C1C3CC(C21)C1C2C=CC(C2)C31.C1=CC2CC1C1C3CC(C21)C1C2CCC(C2)C31.C1=CC2CCC1C2.C1=CCC=C1.C1=CCC=C1.[2HH].[2HH]. The van der Waals surface area contributed by atoms with Gasteiger partial charge in [-0.15, -0.1) is 0 Å². The predicted molar refractivity (Wildman–Crippen MR) is 244 cm³/mol. The second-order valence-corrected chi connectivity index (χ2v) is 23.2. The summed E-state index contributed by atoms with van der Waals surface area (Å²) in [5, 5.41) is 0. The Morgan fingerprint density at radius 1 is 0.276 bits per heavy atom. The molecule has 0 radical (unpaired) electrons. The van der Waals surface area contributed by atoms with Crippen LogP contribution in [0.1, 0.15) is 92.7 Å². The lowest BCUT2D eigenvalue weighted by atomic mass is 9.61. The third-order valence-electron chi connectivity index (χ3n) is 21.1. The molecule has 18 rings (SSSR count). The summed E-state index contributed by atoms with van der Waals surface area (Å²) in [5.74, 6) is 26.0. The van der Waals surface area contributed by atoms with E-state index in [1.165, 1.54) is 74.0 Å². The van der Waals surface area contributed by atoms with Crippen LogP contribution in [-0.4, -0.2) is 0 Å². The quantitative estimate of drug-likeness (QED) is 0.170. The molecule has 0 nitrogen and oxygen atoms in total. The Kier molecular flexibility index (Phi) is 9.03. The topological polar surface area (TPSA) is 0 Å². The first-order valence-corrected chi connectivity index (χ1v) is 25.5. The van der Waals surface area contributed by atoms with Crippen molar-refractivity contribution in [1.82, 2.24) is 0 Å². The molecule has 0 aromatic heterocycles. The number of allylic oxidation sites excluding steroid dienone is 20. The Balaban J connectivity index is 0.0000000879. The fourth-order valence-electron chi connectivity index (χ4n) is 19.7. The van der Waals surface area contributed by atoms with Crippen molar-refractivity contribution >= 4 is 0 Å². The molecule has 308 valence electrons. The minimum atomic E-state index is 0. The molecule has 0 aromatic rings. The minimum Gasteiger partial charge on any atom is -0.0851 e. The molecule has 20 atom stereocenters. The Morgan fingerprint density at radius 3 is 0.862 bits per heavy atom. The summed E-state index contributed by atoms with van der Waals surface area (Å²) in [6.07, 6.45) is 67.0. The summed E-state index contributed by atoms with van der Waals surface area (Å²) in [6.45, 7) is 0. The van der Waals surface area contributed by atoms with Crippen molar-refractivity contribution in [3.05, 3.63) is 122 Å². The van der Waals surface area contributed by atoms with Crippen molar-refractivity contribution < 1.29 is 2.85 Å². The van der Waals surface area contributed by atoms with Crippen LogP contribution in [0.4, 0.5) is 0 Å². The van der Waals surface area contributed by atoms with Gasteiger partial charge in [-0.2, -0.15) is 0 Å². The van der Waals surface area contributed by atoms with Gasteiger partial charge in [0, 0.05) is 2.85 Å². The molecule has 18 aliphatic rings. The van der Waals surface area contributed by atoms with Gasteiger partial charge in [-0.05, 0) is 232 Å². The van der Waals surface area contributed by atoms with Gasteiger partial charge in [0.25, 0.3) is 0 Å². The van der Waals surface area contributed by atoms with Gasteiger partial charge in [-0.25, -0.2) is 0 Å². The highest BCUT2D eigenvalue weighted by Crippen LogP contribution is 2.76. The highest BCUT2D eigenvalue weighted by Gasteiger charge is 2.70. The molecule has 0 N–H and O–H groups in total. The monoisotopic (exact) mass is 775 g/mol. The van der Waals surface area contributed by atoms with E-state index in [-0.39, 0.29) is 2.85 Å². The van der Waals surface area contributed by atoms with E-state index in [4.69, 9.17) is 0 Å². The van der Waals surface area contributed by atoms with Crippen molar-refractivity contribution in [2.45, 2.75) is 89.9 Å². The summed E-state index contributed by atoms with van der Waals surface area (Å²) in [5.41, 5.74) is 0. The molecule has 0 spiro atoms. The second kappa shape index (κ2) is 14.5. The Morgan fingerprint density at radius 2 is 0.621 bits per heavy atom. The summed E-state index contributed by atoms with van der Waals surface area (Å²) in [6, 6.07) is 0. The van der Waals surface area contributed by atoms with Crippen LogP contribution in [0.5, 0.6) is 0 Å². The van der Waals surface area contributed by atoms with E-state index in [1.54, 1.807) is 38.5 Å². The Hall–Kier alpha value is -2.60. The fourth-order valence-corrected chi connectivity index (χ4v) is 19.7. The first-order valence-electron chi connectivity index (χ1n) is 25.5. The molecular weight excluding hydrogens is 697 g/mol. The van der Waals surface area contributed by atoms with Crippen molar-refractivity contribution in [3.63, 3.8) is 0 Å². The van der Waals surface area contributed by atoms with Crippen LogP contribution in [-0.2, 0) is 0 Å². The maximum atomic E-state index is 2.61. The van der Waals surface area contributed by atoms with Gasteiger partial charge in [0.2, 0.25) is 0 Å². The fraction of sp³-hybridized carbons (Fsp3) is 0.655. The minimum absolute atomic E-state index is 0. The highest BCUT2D eigenvalue weighted by molar-refractivity contribution is 5.29. The average molecular weight is 775 g/mol. The molecule has 18 aliphatic carbocycles. The normalized spacial score (nSPS) is 56.0. The van der Waals surface area contributed by atoms with E-state index in [1.807, 2.05) is 0 Å². The molecule has 58 heavy (non-hydrogen) atoms. The number of fused-ring (bicyclic) bond motifs is 36. The van der Waals surface area contributed by atoms with E-state index in [9.17, 15) is 0 Å². The third kappa shape index (κ3) is 5.77. The molecule has 20 unspecified atom stereocenters. The Bertz CT molecular complexity index is 1700. The van der Waals surface area contributed by atoms with Crippen LogP contribution < -0.4 is 0 Å². The molecule has 10 fully saturated rings. The van der Waals surface area contributed by atoms with Crippen LogP contribution in [0.25, 0.3) is 0 Å². The van der Waals surface area contributed by atoms with Gasteiger partial charge in [-0.1, -0.05) is 122 Å². The van der Waals surface area contributed by atoms with Gasteiger partial charge >= 0.3 is 0 Å². The summed E-state index contributed by atoms with van der Waals surface area (Å²) < 4.78 is 0. The molecule has 0 heteroatoms. The zero-order valence-electron chi connectivity index (χ0n) is 35.3. The number of rotatable bonds is 0. The summed E-state index contributed by atoms with van der Waals surface area (Å²) in [4.78, 5) is 0. The van der Waals surface area contributed by atoms with E-state index in [2.05, 4.69) is 122 Å². The van der Waals surface area contributed by atoms with Crippen molar-refractivity contribution in [1.29, 1.82) is 0 Å². The number of hydrogen-bond donors (Lipinski definition) is 0. The smallest absolute Gasteiger partial charge is 0 e. The second-order valence-electron chi connectivity index (χ2n) is 23.2. The van der Waals surface area contributed by atoms with Crippen molar-refractivity contribution in [2.24, 2.45) is 142 Å². The molecule has 16 bridgehead atoms. The lowest BCUT2D eigenvalue weighted by molar-refractivity contribution is 0.0505. The molecular formula is C58H76. The Labute approximate surface area is 355 Å². The first kappa shape index (κ1) is 36.1. The van der Waals surface area contributed by atoms with Crippen molar-refractivity contribution in [2.75, 3.05) is 0 Å². The molecule has 10 saturated carbocycles. The maximum Gasteiger partial charge on any atom is 0 e. The van der Waals surface area contributed by atoms with Crippen LogP contribution in [0.2, 0.25) is 0 Å². The molecule has 0 amide bonds. The highest BCUT2D eigenvalue weighted by atomic mass is 14.7. The van der Waals surface area contributed by atoms with Crippen LogP contribution in [0.15, 0.2) is 122 Å². The van der Waals surface area contributed by atoms with Gasteiger partial charge < -0.3 is 0 Å². The molecule has 0 aliphatic heterocycles. The van der Waals surface area contributed by atoms with Gasteiger partial charge in [-0.3, -0.25) is 0 Å². The van der Waals surface area contributed by atoms with Crippen LogP contribution in [0, 0.1) is 142 Å². The van der Waals surface area contributed by atoms with Crippen LogP contribution in [0.3, 0.4) is 0 Å². The van der Waals surface area contributed by atoms with E-state index >= 15 is 0 Å². The molecule has 0 heterocycles. The maximum absolute atomic E-state index is 2.61. The third-order valence-corrected chi connectivity index (χ3v) is 21.1. The standard InChI is InChI=1S/C17H22.C17H20.C7H10.C7H8.2C5H6.2H2/c2*1-2-9-5-8(1)14-12-7-13(15(9)14)17-11-4-3-10(6-11)16(12)17;2*1-2-7-4-3-6(1)5-7;2*1-2-4-5-3-1;;/h1-2,8-17H,3-7H2;1-4,8-17H,5-7H2;1-2,6-7H,3-5H2;1-4,6-7H,5H2;2*1-4H,5H2;2*1H/i;;;;;;2*1+1. The van der Waals surface area contributed by atoms with Gasteiger partial charge in [0.05, 0.1) is 0 Å². The first-order chi connectivity index (χ1) is 28.7. The lowest BCUT2D eigenvalue weighted by Crippen LogP contribution is -2.39. The molecule has 0 saturated heterocycles. The van der Waals surface area contributed by atoms with E-state index in [0.717, 1.165) is 119 Å². The predicted octanol–water partition coefficient (Wildman–Crippen LogP) is 14.5.